The van der Waals surface area contributed by atoms with Crippen LogP contribution in [0.5, 0.6) is 5.75 Å². The summed E-state index contributed by atoms with van der Waals surface area (Å²) >= 11 is 0. The molecule has 0 fully saturated rings. The zero-order chi connectivity index (χ0) is 25.0. The highest BCUT2D eigenvalue weighted by molar-refractivity contribution is 7.89. The van der Waals surface area contributed by atoms with Gasteiger partial charge in [-0.05, 0) is 49.4 Å². The average Bonchev–Trinajstić information content (AvgIpc) is 2.86. The van der Waals surface area contributed by atoms with Crippen LogP contribution < -0.4 is 4.74 Å². The third-order valence-electron chi connectivity index (χ3n) is 6.25. The molecule has 9 nitrogen and oxygen atoms in total. The van der Waals surface area contributed by atoms with Gasteiger partial charge in [0.05, 0.1) is 6.61 Å². The molecule has 3 atom stereocenters. The first-order chi connectivity index (χ1) is 16.8. The fourth-order valence-corrected chi connectivity index (χ4v) is 6.07. The molecule has 3 aromatic rings. The molecule has 0 saturated carbocycles. The minimum absolute atomic E-state index is 0.0899. The van der Waals surface area contributed by atoms with Crippen LogP contribution in [-0.4, -0.2) is 76.6 Å². The van der Waals surface area contributed by atoms with Crippen LogP contribution in [0.3, 0.4) is 0 Å². The molecule has 0 unspecified atom stereocenters. The van der Waals surface area contributed by atoms with E-state index in [0.717, 1.165) is 16.7 Å². The van der Waals surface area contributed by atoms with Crippen molar-refractivity contribution in [3.8, 4) is 16.9 Å². The van der Waals surface area contributed by atoms with Crippen LogP contribution in [0.25, 0.3) is 11.1 Å². The van der Waals surface area contributed by atoms with E-state index in [4.69, 9.17) is 4.74 Å². The number of benzene rings is 1. The highest BCUT2D eigenvalue weighted by Crippen LogP contribution is 2.36. The number of ether oxygens (including phenoxy) is 1. The summed E-state index contributed by atoms with van der Waals surface area (Å²) in [5, 5.41) is 9.82. The van der Waals surface area contributed by atoms with Crippen LogP contribution in [0.15, 0.2) is 66.3 Å². The smallest absolute Gasteiger partial charge is 0.247 e. The Labute approximate surface area is 206 Å². The van der Waals surface area contributed by atoms with Crippen molar-refractivity contribution in [1.82, 2.24) is 24.2 Å². The van der Waals surface area contributed by atoms with E-state index >= 15 is 0 Å². The van der Waals surface area contributed by atoms with E-state index in [0.29, 0.717) is 13.1 Å². The van der Waals surface area contributed by atoms with Gasteiger partial charge in [0.25, 0.3) is 0 Å². The van der Waals surface area contributed by atoms with Gasteiger partial charge in [-0.3, -0.25) is 9.88 Å². The molecule has 0 radical (unpaired) electrons. The van der Waals surface area contributed by atoms with E-state index in [1.165, 1.54) is 10.6 Å². The number of likely N-dealkylation sites (N-methyl/N-ethyl adjacent to an activating group) is 1. The zero-order valence-electron chi connectivity index (χ0n) is 20.2. The third kappa shape index (κ3) is 5.67. The van der Waals surface area contributed by atoms with Crippen molar-refractivity contribution >= 4 is 10.0 Å². The molecule has 2 aromatic heterocycles. The molecular formula is C25H31N5O4S. The van der Waals surface area contributed by atoms with E-state index in [-0.39, 0.29) is 35.8 Å². The molecule has 186 valence electrons. The number of hydrogen-bond acceptors (Lipinski definition) is 8. The van der Waals surface area contributed by atoms with Gasteiger partial charge in [0.2, 0.25) is 10.0 Å². The molecule has 0 bridgehead atoms. The SMILES string of the molecule is C[C@H]1CN([C@@H](C)CO)S(=O)(=O)c2ccc(-c3cncnc3)cc2O[C@@H]1CN(C)Cc1ccncc1. The second kappa shape index (κ2) is 10.8. The average molecular weight is 498 g/mol. The summed E-state index contributed by atoms with van der Waals surface area (Å²) < 4.78 is 35.1. The molecule has 4 rings (SSSR count). The lowest BCUT2D eigenvalue weighted by Gasteiger charge is -2.37. The summed E-state index contributed by atoms with van der Waals surface area (Å²) in [4.78, 5) is 14.5. The zero-order valence-corrected chi connectivity index (χ0v) is 21.0. The number of nitrogens with zero attached hydrogens (tertiary/aromatic N) is 5. The molecule has 1 aromatic carbocycles. The highest BCUT2D eigenvalue weighted by atomic mass is 32.2. The molecule has 3 heterocycles. The minimum Gasteiger partial charge on any atom is -0.487 e. The molecule has 35 heavy (non-hydrogen) atoms. The predicted octanol–water partition coefficient (Wildman–Crippen LogP) is 2.44. The van der Waals surface area contributed by atoms with Gasteiger partial charge >= 0.3 is 0 Å². The first-order valence-electron chi connectivity index (χ1n) is 11.6. The lowest BCUT2D eigenvalue weighted by Crippen LogP contribution is -2.49. The molecule has 0 saturated heterocycles. The monoisotopic (exact) mass is 497 g/mol. The number of aliphatic hydroxyl groups is 1. The summed E-state index contributed by atoms with van der Waals surface area (Å²) in [5.74, 6) is 0.158. The van der Waals surface area contributed by atoms with Crippen LogP contribution in [0.4, 0.5) is 0 Å². The van der Waals surface area contributed by atoms with Crippen molar-refractivity contribution in [3.05, 3.63) is 67.0 Å². The maximum absolute atomic E-state index is 13.6. The Balaban J connectivity index is 1.72. The lowest BCUT2D eigenvalue weighted by atomic mass is 10.0. The lowest BCUT2D eigenvalue weighted by molar-refractivity contribution is 0.0734. The molecular weight excluding hydrogens is 466 g/mol. The van der Waals surface area contributed by atoms with Crippen LogP contribution in [0.2, 0.25) is 0 Å². The fraction of sp³-hybridized carbons (Fsp3) is 0.400. The Bertz CT molecular complexity index is 1230. The van der Waals surface area contributed by atoms with Crippen molar-refractivity contribution in [2.24, 2.45) is 5.92 Å². The summed E-state index contributed by atoms with van der Waals surface area (Å²) in [6, 6.07) is 8.42. The number of aliphatic hydroxyl groups excluding tert-OH is 1. The van der Waals surface area contributed by atoms with Gasteiger partial charge in [0, 0.05) is 61.9 Å². The summed E-state index contributed by atoms with van der Waals surface area (Å²) in [6.07, 6.45) is 8.04. The number of hydrogen-bond donors (Lipinski definition) is 1. The van der Waals surface area contributed by atoms with Gasteiger partial charge in [-0.1, -0.05) is 13.0 Å². The van der Waals surface area contributed by atoms with E-state index in [1.54, 1.807) is 49.9 Å². The van der Waals surface area contributed by atoms with Gasteiger partial charge in [0.15, 0.2) is 0 Å². The Morgan fingerprint density at radius 3 is 2.54 bits per heavy atom. The normalized spacial score (nSPS) is 20.9. The second-order valence-electron chi connectivity index (χ2n) is 9.08. The minimum atomic E-state index is -3.89. The van der Waals surface area contributed by atoms with Gasteiger partial charge in [-0.15, -0.1) is 0 Å². The number of rotatable bonds is 7. The first kappa shape index (κ1) is 25.2. The van der Waals surface area contributed by atoms with E-state index < -0.39 is 16.1 Å². The maximum atomic E-state index is 13.6. The first-order valence-corrected chi connectivity index (χ1v) is 13.0. The number of pyridine rings is 1. The van der Waals surface area contributed by atoms with E-state index in [1.807, 2.05) is 26.1 Å². The number of sulfonamides is 1. The molecule has 1 N–H and O–H groups in total. The molecule has 0 aliphatic carbocycles. The molecule has 1 aliphatic rings. The van der Waals surface area contributed by atoms with Crippen LogP contribution in [-0.2, 0) is 16.6 Å². The van der Waals surface area contributed by atoms with Crippen molar-refractivity contribution in [2.45, 2.75) is 37.4 Å². The van der Waals surface area contributed by atoms with Crippen LogP contribution in [0.1, 0.15) is 19.4 Å². The van der Waals surface area contributed by atoms with E-state index in [9.17, 15) is 13.5 Å². The summed E-state index contributed by atoms with van der Waals surface area (Å²) in [7, 11) is -1.88. The topological polar surface area (TPSA) is 109 Å². The van der Waals surface area contributed by atoms with Crippen molar-refractivity contribution < 1.29 is 18.3 Å². The third-order valence-corrected chi connectivity index (χ3v) is 8.27. The second-order valence-corrected chi connectivity index (χ2v) is 10.9. The fourth-order valence-electron chi connectivity index (χ4n) is 4.24. The highest BCUT2D eigenvalue weighted by Gasteiger charge is 2.38. The van der Waals surface area contributed by atoms with Crippen molar-refractivity contribution in [1.29, 1.82) is 0 Å². The predicted molar refractivity (Wildman–Crippen MR) is 132 cm³/mol. The molecule has 1 aliphatic heterocycles. The van der Waals surface area contributed by atoms with Crippen molar-refractivity contribution in [2.75, 3.05) is 26.7 Å². The Morgan fingerprint density at radius 1 is 1.14 bits per heavy atom. The Hall–Kier alpha value is -2.92. The van der Waals surface area contributed by atoms with Crippen LogP contribution in [0, 0.1) is 5.92 Å². The van der Waals surface area contributed by atoms with Gasteiger partial charge < -0.3 is 9.84 Å². The van der Waals surface area contributed by atoms with Crippen molar-refractivity contribution in [3.63, 3.8) is 0 Å². The van der Waals surface area contributed by atoms with Gasteiger partial charge in [0.1, 0.15) is 23.1 Å². The molecule has 0 amide bonds. The van der Waals surface area contributed by atoms with Crippen LogP contribution >= 0.6 is 0 Å². The van der Waals surface area contributed by atoms with Gasteiger partial charge in [-0.25, -0.2) is 18.4 Å². The molecule has 10 heteroatoms. The largest absolute Gasteiger partial charge is 0.487 e. The summed E-state index contributed by atoms with van der Waals surface area (Å²) in [6.45, 7) is 4.96. The summed E-state index contributed by atoms with van der Waals surface area (Å²) in [5.41, 5.74) is 2.66. The number of aromatic nitrogens is 3. The van der Waals surface area contributed by atoms with Gasteiger partial charge in [-0.2, -0.15) is 4.31 Å². The Kier molecular flexibility index (Phi) is 7.75. The maximum Gasteiger partial charge on any atom is 0.247 e. The van der Waals surface area contributed by atoms with E-state index in [2.05, 4.69) is 19.9 Å². The number of fused-ring (bicyclic) bond motifs is 1. The molecule has 0 spiro atoms. The quantitative estimate of drug-likeness (QED) is 0.530. The standard InChI is InChI=1S/C25H31N5O4S/c1-18-13-30(19(2)16-31)35(32,33)25-5-4-21(22-11-27-17-28-12-22)10-23(25)34-24(18)15-29(3)14-20-6-8-26-9-7-20/h4-12,17-19,24,31H,13-16H2,1-3H3/t18-,19-,24+/m0/s1. The Morgan fingerprint density at radius 2 is 1.86 bits per heavy atom.